The number of phenolic OH excluding ortho intramolecular Hbond substituents is 1. The van der Waals surface area contributed by atoms with Crippen molar-refractivity contribution in [3.63, 3.8) is 0 Å². The Morgan fingerprint density at radius 3 is 2.76 bits per heavy atom. The topological polar surface area (TPSA) is 82.0 Å². The standard InChI is InChI=1S/C12H17NO4/c1-12(6-14,7-15)13-10-5-17-11-4-8(16)2-3-9(10)11/h2-4,10,13-16H,5-7H2,1H3. The van der Waals surface area contributed by atoms with Crippen LogP contribution in [0.15, 0.2) is 18.2 Å². The minimum absolute atomic E-state index is 0.0881. The lowest BCUT2D eigenvalue weighted by Gasteiger charge is -2.29. The van der Waals surface area contributed by atoms with Gasteiger partial charge in [-0.2, -0.15) is 0 Å². The van der Waals surface area contributed by atoms with Crippen molar-refractivity contribution in [2.75, 3.05) is 19.8 Å². The summed E-state index contributed by atoms with van der Waals surface area (Å²) in [6.45, 7) is 1.85. The Morgan fingerprint density at radius 2 is 2.12 bits per heavy atom. The monoisotopic (exact) mass is 239 g/mol. The van der Waals surface area contributed by atoms with Crippen LogP contribution in [0.2, 0.25) is 0 Å². The lowest BCUT2D eigenvalue weighted by Crippen LogP contribution is -2.50. The van der Waals surface area contributed by atoms with Gasteiger partial charge in [0.1, 0.15) is 18.1 Å². The van der Waals surface area contributed by atoms with Gasteiger partial charge in [-0.25, -0.2) is 0 Å². The zero-order valence-electron chi connectivity index (χ0n) is 9.68. The van der Waals surface area contributed by atoms with Crippen LogP contribution in [0.1, 0.15) is 18.5 Å². The maximum Gasteiger partial charge on any atom is 0.127 e. The van der Waals surface area contributed by atoms with Gasteiger partial charge in [-0.15, -0.1) is 0 Å². The Hall–Kier alpha value is -1.30. The van der Waals surface area contributed by atoms with Crippen molar-refractivity contribution in [3.8, 4) is 11.5 Å². The summed E-state index contributed by atoms with van der Waals surface area (Å²) in [5, 5.41) is 31.0. The van der Waals surface area contributed by atoms with Crippen LogP contribution in [0.25, 0.3) is 0 Å². The van der Waals surface area contributed by atoms with Crippen LogP contribution in [0.4, 0.5) is 0 Å². The second-order valence-corrected chi connectivity index (χ2v) is 4.61. The average molecular weight is 239 g/mol. The third-order valence-electron chi connectivity index (χ3n) is 3.00. The number of benzene rings is 1. The molecule has 1 atom stereocenters. The van der Waals surface area contributed by atoms with Gasteiger partial charge in [-0.1, -0.05) is 0 Å². The van der Waals surface area contributed by atoms with Crippen LogP contribution >= 0.6 is 0 Å². The number of ether oxygens (including phenoxy) is 1. The van der Waals surface area contributed by atoms with Gasteiger partial charge in [0.15, 0.2) is 0 Å². The number of hydrogen-bond acceptors (Lipinski definition) is 5. The summed E-state index contributed by atoms with van der Waals surface area (Å²) in [4.78, 5) is 0. The van der Waals surface area contributed by atoms with E-state index in [-0.39, 0.29) is 25.0 Å². The first-order chi connectivity index (χ1) is 8.08. The van der Waals surface area contributed by atoms with E-state index >= 15 is 0 Å². The van der Waals surface area contributed by atoms with Gasteiger partial charge >= 0.3 is 0 Å². The minimum Gasteiger partial charge on any atom is -0.508 e. The third-order valence-corrected chi connectivity index (χ3v) is 3.00. The second kappa shape index (κ2) is 4.52. The summed E-state index contributed by atoms with van der Waals surface area (Å²) in [5.74, 6) is 0.803. The molecule has 17 heavy (non-hydrogen) atoms. The minimum atomic E-state index is -0.743. The van der Waals surface area contributed by atoms with E-state index in [1.54, 1.807) is 25.1 Å². The van der Waals surface area contributed by atoms with Crippen LogP contribution in [-0.2, 0) is 0 Å². The van der Waals surface area contributed by atoms with Crippen molar-refractivity contribution in [1.29, 1.82) is 0 Å². The van der Waals surface area contributed by atoms with Crippen molar-refractivity contribution in [1.82, 2.24) is 5.32 Å². The van der Waals surface area contributed by atoms with Crippen LogP contribution in [-0.4, -0.2) is 40.7 Å². The van der Waals surface area contributed by atoms with E-state index in [4.69, 9.17) is 4.74 Å². The van der Waals surface area contributed by atoms with E-state index in [1.807, 2.05) is 0 Å². The molecule has 0 saturated carbocycles. The number of fused-ring (bicyclic) bond motifs is 1. The first-order valence-corrected chi connectivity index (χ1v) is 5.53. The number of rotatable bonds is 4. The van der Waals surface area contributed by atoms with Gasteiger partial charge in [-0.05, 0) is 19.1 Å². The fraction of sp³-hybridized carbons (Fsp3) is 0.500. The summed E-state index contributed by atoms with van der Waals surface area (Å²) in [6.07, 6.45) is 0. The molecule has 0 radical (unpaired) electrons. The predicted octanol–water partition coefficient (Wildman–Crippen LogP) is 0.159. The molecular weight excluding hydrogens is 222 g/mol. The number of nitrogens with one attached hydrogen (secondary N) is 1. The molecule has 0 aliphatic carbocycles. The molecule has 4 N–H and O–H groups in total. The molecule has 0 spiro atoms. The van der Waals surface area contributed by atoms with Gasteiger partial charge in [0.25, 0.3) is 0 Å². The second-order valence-electron chi connectivity index (χ2n) is 4.61. The lowest BCUT2D eigenvalue weighted by atomic mass is 10.0. The molecule has 1 aliphatic heterocycles. The number of phenols is 1. The zero-order valence-corrected chi connectivity index (χ0v) is 9.68. The molecule has 1 aromatic rings. The first-order valence-electron chi connectivity index (χ1n) is 5.53. The Labute approximate surface area is 99.7 Å². The maximum atomic E-state index is 9.33. The van der Waals surface area contributed by atoms with E-state index < -0.39 is 5.54 Å². The van der Waals surface area contributed by atoms with Crippen LogP contribution in [0, 0.1) is 0 Å². The summed E-state index contributed by atoms with van der Waals surface area (Å²) >= 11 is 0. The number of aliphatic hydroxyl groups is 2. The molecule has 94 valence electrons. The molecule has 0 bridgehead atoms. The van der Waals surface area contributed by atoms with Gasteiger partial charge < -0.3 is 20.1 Å². The highest BCUT2D eigenvalue weighted by atomic mass is 16.5. The van der Waals surface area contributed by atoms with Crippen molar-refractivity contribution in [2.45, 2.75) is 18.5 Å². The van der Waals surface area contributed by atoms with E-state index in [2.05, 4.69) is 5.32 Å². The van der Waals surface area contributed by atoms with Crippen molar-refractivity contribution >= 4 is 0 Å². The molecular formula is C12H17NO4. The SMILES string of the molecule is CC(CO)(CO)NC1COc2cc(O)ccc21. The fourth-order valence-corrected chi connectivity index (χ4v) is 1.88. The number of hydrogen-bond donors (Lipinski definition) is 4. The summed E-state index contributed by atoms with van der Waals surface area (Å²) in [5.41, 5.74) is 0.184. The maximum absolute atomic E-state index is 9.33. The highest BCUT2D eigenvalue weighted by molar-refractivity contribution is 5.44. The molecule has 0 fully saturated rings. The lowest BCUT2D eigenvalue weighted by molar-refractivity contribution is 0.0903. The van der Waals surface area contributed by atoms with Crippen LogP contribution < -0.4 is 10.1 Å². The van der Waals surface area contributed by atoms with Gasteiger partial charge in [0.05, 0.1) is 24.8 Å². The molecule has 1 aromatic carbocycles. The van der Waals surface area contributed by atoms with Gasteiger partial charge in [-0.3, -0.25) is 5.32 Å². The van der Waals surface area contributed by atoms with E-state index in [0.717, 1.165) is 5.56 Å². The molecule has 0 amide bonds. The molecule has 0 aromatic heterocycles. The summed E-state index contributed by atoms with van der Waals surface area (Å²) in [6, 6.07) is 4.85. The average Bonchev–Trinajstić information content (AvgIpc) is 2.71. The molecule has 2 rings (SSSR count). The Bertz CT molecular complexity index is 403. The number of aliphatic hydroxyl groups excluding tert-OH is 2. The molecule has 5 heteroatoms. The van der Waals surface area contributed by atoms with Crippen LogP contribution in [0.5, 0.6) is 11.5 Å². The molecule has 0 saturated heterocycles. The van der Waals surface area contributed by atoms with Gasteiger partial charge in [0, 0.05) is 11.6 Å². The highest BCUT2D eigenvalue weighted by Gasteiger charge is 2.31. The number of aromatic hydroxyl groups is 1. The molecule has 5 nitrogen and oxygen atoms in total. The normalized spacial score (nSPS) is 18.9. The summed E-state index contributed by atoms with van der Waals surface area (Å²) in [7, 11) is 0. The quantitative estimate of drug-likeness (QED) is 0.601. The smallest absolute Gasteiger partial charge is 0.127 e. The zero-order chi connectivity index (χ0) is 12.5. The summed E-state index contributed by atoms with van der Waals surface area (Å²) < 4.78 is 5.44. The van der Waals surface area contributed by atoms with Gasteiger partial charge in [0.2, 0.25) is 0 Å². The predicted molar refractivity (Wildman–Crippen MR) is 62.1 cm³/mol. The van der Waals surface area contributed by atoms with Crippen molar-refractivity contribution in [3.05, 3.63) is 23.8 Å². The van der Waals surface area contributed by atoms with Crippen molar-refractivity contribution < 1.29 is 20.1 Å². The first kappa shape index (κ1) is 12.2. The van der Waals surface area contributed by atoms with E-state index in [1.165, 1.54) is 0 Å². The Kier molecular flexibility index (Phi) is 3.24. The van der Waals surface area contributed by atoms with Crippen LogP contribution in [0.3, 0.4) is 0 Å². The Balaban J connectivity index is 2.17. The third kappa shape index (κ3) is 2.36. The fourth-order valence-electron chi connectivity index (χ4n) is 1.88. The largest absolute Gasteiger partial charge is 0.508 e. The Morgan fingerprint density at radius 1 is 1.41 bits per heavy atom. The van der Waals surface area contributed by atoms with Crippen molar-refractivity contribution in [2.24, 2.45) is 0 Å². The molecule has 1 unspecified atom stereocenters. The highest BCUT2D eigenvalue weighted by Crippen LogP contribution is 2.35. The van der Waals surface area contributed by atoms with E-state index in [0.29, 0.717) is 12.4 Å². The molecule has 1 aliphatic rings. The molecule has 1 heterocycles. The van der Waals surface area contributed by atoms with E-state index in [9.17, 15) is 15.3 Å².